The predicted octanol–water partition coefficient (Wildman–Crippen LogP) is 3.71. The molecule has 9 heteroatoms. The number of allylic oxidation sites excluding steroid dienone is 1. The minimum atomic E-state index is -3.75. The summed E-state index contributed by atoms with van der Waals surface area (Å²) in [6, 6.07) is 11.0. The van der Waals surface area contributed by atoms with Crippen LogP contribution in [0, 0.1) is 11.3 Å². The molecule has 2 aliphatic rings. The zero-order valence-electron chi connectivity index (χ0n) is 17.3. The van der Waals surface area contributed by atoms with E-state index >= 15 is 0 Å². The molecule has 2 aromatic carbocycles. The van der Waals surface area contributed by atoms with Gasteiger partial charge in [-0.25, -0.2) is 17.6 Å². The number of carbonyl (C=O) groups is 2. The number of ketones is 1. The minimum Gasteiger partial charge on any atom is -0.326 e. The quantitative estimate of drug-likeness (QED) is 0.759. The highest BCUT2D eigenvalue weighted by Gasteiger charge is 2.41. The van der Waals surface area contributed by atoms with E-state index in [0.717, 1.165) is 6.26 Å². The number of halogens is 1. The molecule has 0 fully saturated rings. The summed E-state index contributed by atoms with van der Waals surface area (Å²) in [5, 5.41) is 12.0. The van der Waals surface area contributed by atoms with Crippen molar-refractivity contribution in [2.24, 2.45) is 0 Å². The molecular formula is C23H20FN3O4S. The van der Waals surface area contributed by atoms with Gasteiger partial charge in [-0.1, -0.05) is 18.2 Å². The van der Waals surface area contributed by atoms with Gasteiger partial charge in [0.25, 0.3) is 0 Å². The van der Waals surface area contributed by atoms with Crippen LogP contribution in [0.15, 0.2) is 58.6 Å². The molecule has 1 atom stereocenters. The predicted molar refractivity (Wildman–Crippen MR) is 115 cm³/mol. The molecule has 7 nitrogen and oxygen atoms in total. The van der Waals surface area contributed by atoms with Crippen molar-refractivity contribution in [3.63, 3.8) is 0 Å². The summed E-state index contributed by atoms with van der Waals surface area (Å²) >= 11 is 0. The molecule has 0 bridgehead atoms. The molecule has 0 saturated carbocycles. The molecule has 0 saturated heterocycles. The van der Waals surface area contributed by atoms with Gasteiger partial charge in [-0.05, 0) is 48.2 Å². The maximum Gasteiger partial charge on any atom is 0.327 e. The van der Waals surface area contributed by atoms with Crippen LogP contribution in [0.1, 0.15) is 42.0 Å². The molecule has 164 valence electrons. The summed E-state index contributed by atoms with van der Waals surface area (Å²) in [5.41, 5.74) is 2.02. The Hall–Kier alpha value is -3.51. The first-order valence-electron chi connectivity index (χ1n) is 10.0. The first-order chi connectivity index (χ1) is 15.2. The number of anilines is 1. The number of nitrogens with zero attached hydrogens (tertiary/aromatic N) is 2. The lowest BCUT2D eigenvalue weighted by atomic mass is 9.84. The van der Waals surface area contributed by atoms with Crippen LogP contribution < -0.4 is 10.2 Å². The Bertz CT molecular complexity index is 1310. The first kappa shape index (κ1) is 21.7. The topological polar surface area (TPSA) is 107 Å². The van der Waals surface area contributed by atoms with Crippen LogP contribution >= 0.6 is 0 Å². The smallest absolute Gasteiger partial charge is 0.326 e. The maximum absolute atomic E-state index is 13.2. The van der Waals surface area contributed by atoms with Gasteiger partial charge in [0.1, 0.15) is 6.67 Å². The van der Waals surface area contributed by atoms with Crippen molar-refractivity contribution < 1.29 is 22.4 Å². The number of rotatable bonds is 4. The number of urea groups is 1. The third-order valence-electron chi connectivity index (χ3n) is 5.63. The van der Waals surface area contributed by atoms with E-state index in [2.05, 4.69) is 5.32 Å². The molecule has 1 heterocycles. The van der Waals surface area contributed by atoms with E-state index in [1.54, 1.807) is 24.3 Å². The largest absolute Gasteiger partial charge is 0.327 e. The molecule has 1 unspecified atom stereocenters. The molecule has 0 aromatic heterocycles. The van der Waals surface area contributed by atoms with Crippen molar-refractivity contribution in [1.82, 2.24) is 5.32 Å². The lowest BCUT2D eigenvalue weighted by Gasteiger charge is -2.39. The van der Waals surface area contributed by atoms with E-state index in [1.807, 2.05) is 6.07 Å². The van der Waals surface area contributed by atoms with Gasteiger partial charge in [0.2, 0.25) is 0 Å². The third-order valence-corrected chi connectivity index (χ3v) is 6.79. The number of sulfone groups is 1. The van der Waals surface area contributed by atoms with E-state index < -0.39 is 28.6 Å². The molecule has 4 rings (SSSR count). The lowest BCUT2D eigenvalue weighted by Crippen LogP contribution is -2.49. The zero-order chi connectivity index (χ0) is 23.0. The van der Waals surface area contributed by atoms with Gasteiger partial charge < -0.3 is 5.32 Å². The average Bonchev–Trinajstić information content (AvgIpc) is 2.77. The van der Waals surface area contributed by atoms with Crippen molar-refractivity contribution in [3.05, 3.63) is 70.4 Å². The van der Waals surface area contributed by atoms with Crippen LogP contribution in [0.2, 0.25) is 0 Å². The number of carbonyl (C=O) groups excluding carboxylic acids is 2. The average molecular weight is 453 g/mol. The number of hydrogen-bond acceptors (Lipinski definition) is 5. The van der Waals surface area contributed by atoms with Crippen LogP contribution in [0.25, 0.3) is 0 Å². The molecule has 2 amide bonds. The van der Waals surface area contributed by atoms with Crippen molar-refractivity contribution in [2.45, 2.75) is 36.9 Å². The number of hydrogen-bond donors (Lipinski definition) is 1. The second-order valence-corrected chi connectivity index (χ2v) is 9.78. The SMILES string of the molecule is CS(=O)(=O)c1cc(C#N)ccc1C1NC(=O)N(c2cccc(CF)c2)C2=C1C(=O)CCC2. The second kappa shape index (κ2) is 8.20. The van der Waals surface area contributed by atoms with E-state index in [0.29, 0.717) is 35.4 Å². The number of alkyl halides is 1. The highest BCUT2D eigenvalue weighted by Crippen LogP contribution is 2.41. The molecule has 1 aliphatic carbocycles. The highest BCUT2D eigenvalue weighted by molar-refractivity contribution is 7.90. The minimum absolute atomic E-state index is 0.111. The fraction of sp³-hybridized carbons (Fsp3) is 0.261. The number of benzene rings is 2. The molecule has 1 N–H and O–H groups in total. The van der Waals surface area contributed by atoms with Gasteiger partial charge in [0.15, 0.2) is 15.6 Å². The summed E-state index contributed by atoms with van der Waals surface area (Å²) in [4.78, 5) is 27.5. The summed E-state index contributed by atoms with van der Waals surface area (Å²) in [5.74, 6) is -0.188. The van der Waals surface area contributed by atoms with E-state index in [4.69, 9.17) is 0 Å². The first-order valence-corrected chi connectivity index (χ1v) is 11.9. The van der Waals surface area contributed by atoms with Crippen molar-refractivity contribution >= 4 is 27.3 Å². The molecule has 2 aromatic rings. The van der Waals surface area contributed by atoms with E-state index in [1.165, 1.54) is 23.1 Å². The summed E-state index contributed by atoms with van der Waals surface area (Å²) < 4.78 is 38.2. The lowest BCUT2D eigenvalue weighted by molar-refractivity contribution is -0.116. The molecule has 0 spiro atoms. The van der Waals surface area contributed by atoms with E-state index in [-0.39, 0.29) is 28.2 Å². The highest BCUT2D eigenvalue weighted by atomic mass is 32.2. The fourth-order valence-electron chi connectivity index (χ4n) is 4.24. The number of nitrogens with one attached hydrogen (secondary N) is 1. The Labute approximate surface area is 185 Å². The summed E-state index contributed by atoms with van der Waals surface area (Å²) in [7, 11) is -3.75. The van der Waals surface area contributed by atoms with Gasteiger partial charge in [-0.3, -0.25) is 9.69 Å². The number of nitriles is 1. The molecular weight excluding hydrogens is 433 g/mol. The second-order valence-electron chi connectivity index (χ2n) is 7.80. The summed E-state index contributed by atoms with van der Waals surface area (Å²) in [6.45, 7) is -0.695. The van der Waals surface area contributed by atoms with Crippen molar-refractivity contribution in [1.29, 1.82) is 5.26 Å². The van der Waals surface area contributed by atoms with Gasteiger partial charge in [-0.2, -0.15) is 5.26 Å². The number of amides is 2. The van der Waals surface area contributed by atoms with Gasteiger partial charge >= 0.3 is 6.03 Å². The Morgan fingerprint density at radius 1 is 1.19 bits per heavy atom. The van der Waals surface area contributed by atoms with E-state index in [9.17, 15) is 27.7 Å². The Kier molecular flexibility index (Phi) is 5.57. The summed E-state index contributed by atoms with van der Waals surface area (Å²) in [6.07, 6.45) is 2.27. The third kappa shape index (κ3) is 3.78. The van der Waals surface area contributed by atoms with Crippen LogP contribution in [0.3, 0.4) is 0 Å². The van der Waals surface area contributed by atoms with Crippen LogP contribution in [0.5, 0.6) is 0 Å². The molecule has 1 aliphatic heterocycles. The van der Waals surface area contributed by atoms with Crippen LogP contribution in [0.4, 0.5) is 14.9 Å². The van der Waals surface area contributed by atoms with Gasteiger partial charge in [0.05, 0.1) is 28.3 Å². The fourth-order valence-corrected chi connectivity index (χ4v) is 5.19. The standard InChI is InChI=1S/C23H20FN3O4S/c1-32(30,31)20-11-15(13-25)8-9-17(20)22-21-18(6-3-7-19(21)28)27(23(29)26-22)16-5-2-4-14(10-16)12-24/h2,4-5,8-11,22H,3,6-7,12H2,1H3,(H,26,29). The molecule has 0 radical (unpaired) electrons. The van der Waals surface area contributed by atoms with Gasteiger partial charge in [-0.15, -0.1) is 0 Å². The van der Waals surface area contributed by atoms with Crippen LogP contribution in [-0.2, 0) is 21.3 Å². The number of Topliss-reactive ketones (excluding diaryl/α,β-unsaturated/α-hetero) is 1. The van der Waals surface area contributed by atoms with Crippen molar-refractivity contribution in [2.75, 3.05) is 11.2 Å². The maximum atomic E-state index is 13.2. The zero-order valence-corrected chi connectivity index (χ0v) is 18.1. The Morgan fingerprint density at radius 3 is 2.66 bits per heavy atom. The Morgan fingerprint density at radius 2 is 1.97 bits per heavy atom. The molecule has 32 heavy (non-hydrogen) atoms. The van der Waals surface area contributed by atoms with Gasteiger partial charge in [0, 0.05) is 23.9 Å². The Balaban J connectivity index is 1.93. The van der Waals surface area contributed by atoms with Crippen molar-refractivity contribution in [3.8, 4) is 6.07 Å². The normalized spacial score (nSPS) is 18.8. The van der Waals surface area contributed by atoms with Crippen LogP contribution in [-0.4, -0.2) is 26.5 Å². The monoisotopic (exact) mass is 453 g/mol.